The Bertz CT molecular complexity index is 3120. The number of nitrogens with zero attached hydrogens (tertiary/aromatic N) is 2. The first kappa shape index (κ1) is 33.3. The van der Waals surface area contributed by atoms with Crippen molar-refractivity contribution < 1.29 is 0 Å². The molecule has 3 heteroatoms. The summed E-state index contributed by atoms with van der Waals surface area (Å²) in [5.74, 6) is 0. The predicted molar refractivity (Wildman–Crippen MR) is 241 cm³/mol. The maximum Gasteiger partial charge on any atom is 0.0542 e. The van der Waals surface area contributed by atoms with Crippen molar-refractivity contribution in [3.05, 3.63) is 231 Å². The van der Waals surface area contributed by atoms with Crippen molar-refractivity contribution in [2.45, 2.75) is 19.6 Å². The zero-order chi connectivity index (χ0) is 37.8. The van der Waals surface area contributed by atoms with Crippen molar-refractivity contribution in [1.29, 1.82) is 0 Å². The molecule has 11 aromatic rings. The van der Waals surface area contributed by atoms with E-state index in [1.807, 2.05) is 0 Å². The van der Waals surface area contributed by atoms with Gasteiger partial charge in [-0.1, -0.05) is 133 Å². The van der Waals surface area contributed by atoms with Gasteiger partial charge in [0, 0.05) is 52.5 Å². The molecule has 0 unspecified atom stereocenters. The van der Waals surface area contributed by atoms with Gasteiger partial charge in [-0.2, -0.15) is 0 Å². The van der Waals surface area contributed by atoms with Crippen LogP contribution >= 0.6 is 10.0 Å². The van der Waals surface area contributed by atoms with Gasteiger partial charge in [0.25, 0.3) is 0 Å². The third kappa shape index (κ3) is 5.28. The molecule has 0 aliphatic carbocycles. The van der Waals surface area contributed by atoms with E-state index in [-0.39, 0.29) is 0 Å². The molecule has 0 bridgehead atoms. The number of hydrogen-bond acceptors (Lipinski definition) is 0. The van der Waals surface area contributed by atoms with Crippen LogP contribution in [0, 0.1) is 0 Å². The number of para-hydroxylation sites is 2. The van der Waals surface area contributed by atoms with Gasteiger partial charge in [-0.3, -0.25) is 0 Å². The summed E-state index contributed by atoms with van der Waals surface area (Å²) in [6, 6.07) is 84.8. The molecule has 270 valence electrons. The van der Waals surface area contributed by atoms with Crippen LogP contribution in [0.1, 0.15) is 0 Å². The SMILES string of the molecule is c1ccc(-c2cccc(-n3c4ccccc4c4cc(-n5c6ccccc6c6cc(S(c7ccccc7)(c7ccccc7)c7ccccc7)ccc65)ccc43)c2)cc1. The molecule has 2 aromatic heterocycles. The molecule has 0 radical (unpaired) electrons. The van der Waals surface area contributed by atoms with E-state index in [4.69, 9.17) is 0 Å². The molecule has 0 amide bonds. The topological polar surface area (TPSA) is 9.86 Å². The summed E-state index contributed by atoms with van der Waals surface area (Å²) in [7, 11) is -1.84. The highest BCUT2D eigenvalue weighted by Crippen LogP contribution is 2.73. The second-order valence-corrected chi connectivity index (χ2v) is 17.7. The van der Waals surface area contributed by atoms with Gasteiger partial charge in [-0.25, -0.2) is 0 Å². The van der Waals surface area contributed by atoms with E-state index in [1.165, 1.54) is 74.3 Å². The molecule has 2 heterocycles. The first-order valence-electron chi connectivity index (χ1n) is 19.5. The van der Waals surface area contributed by atoms with Gasteiger partial charge in [-0.15, -0.1) is 10.0 Å². The zero-order valence-electron chi connectivity index (χ0n) is 31.2. The van der Waals surface area contributed by atoms with Crippen molar-refractivity contribution in [1.82, 2.24) is 9.13 Å². The van der Waals surface area contributed by atoms with E-state index in [0.717, 1.165) is 11.4 Å². The average Bonchev–Trinajstić information content (AvgIpc) is 3.80. The molecule has 11 rings (SSSR count). The Labute approximate surface area is 333 Å². The molecule has 0 aliphatic heterocycles. The first-order valence-corrected chi connectivity index (χ1v) is 21.1. The minimum absolute atomic E-state index is 1.15. The highest BCUT2D eigenvalue weighted by Gasteiger charge is 2.33. The zero-order valence-corrected chi connectivity index (χ0v) is 32.1. The summed E-state index contributed by atoms with van der Waals surface area (Å²) in [6.45, 7) is 0. The van der Waals surface area contributed by atoms with Crippen molar-refractivity contribution in [3.8, 4) is 22.5 Å². The normalized spacial score (nSPS) is 12.1. The van der Waals surface area contributed by atoms with E-state index in [9.17, 15) is 0 Å². The van der Waals surface area contributed by atoms with Crippen LogP contribution in [0.2, 0.25) is 0 Å². The van der Waals surface area contributed by atoms with Gasteiger partial charge in [-0.05, 0) is 108 Å². The Hall–Kier alpha value is -7.07. The lowest BCUT2D eigenvalue weighted by atomic mass is 10.1. The molecule has 0 saturated carbocycles. The molecule has 0 spiro atoms. The summed E-state index contributed by atoms with van der Waals surface area (Å²) in [5.41, 5.74) is 9.50. The molecule has 57 heavy (non-hydrogen) atoms. The molecular formula is C54H38N2S. The minimum Gasteiger partial charge on any atom is -0.309 e. The Morgan fingerprint density at radius 1 is 0.246 bits per heavy atom. The summed E-state index contributed by atoms with van der Waals surface area (Å²) in [4.78, 5) is 5.28. The Morgan fingerprint density at radius 2 is 0.667 bits per heavy atom. The van der Waals surface area contributed by atoms with E-state index in [0.29, 0.717) is 0 Å². The molecule has 0 N–H and O–H groups in total. The largest absolute Gasteiger partial charge is 0.309 e. The molecule has 2 nitrogen and oxygen atoms in total. The van der Waals surface area contributed by atoms with E-state index >= 15 is 0 Å². The maximum absolute atomic E-state index is 2.49. The van der Waals surface area contributed by atoms with Gasteiger partial charge >= 0.3 is 0 Å². The molecule has 0 aliphatic rings. The van der Waals surface area contributed by atoms with Crippen LogP contribution in [0.15, 0.2) is 250 Å². The first-order chi connectivity index (χ1) is 28.3. The summed E-state index contributed by atoms with van der Waals surface area (Å²) in [5, 5.41) is 4.97. The Morgan fingerprint density at radius 3 is 1.23 bits per heavy atom. The predicted octanol–water partition coefficient (Wildman–Crippen LogP) is 14.9. The fourth-order valence-electron chi connectivity index (χ4n) is 8.94. The molecule has 9 aromatic carbocycles. The highest BCUT2D eigenvalue weighted by atomic mass is 32.3. The van der Waals surface area contributed by atoms with Crippen molar-refractivity contribution >= 4 is 53.6 Å². The number of benzene rings is 9. The van der Waals surface area contributed by atoms with Crippen LogP contribution in [-0.4, -0.2) is 9.13 Å². The van der Waals surface area contributed by atoms with Crippen LogP contribution < -0.4 is 0 Å². The van der Waals surface area contributed by atoms with Gasteiger partial charge in [0.2, 0.25) is 0 Å². The maximum atomic E-state index is 2.49. The van der Waals surface area contributed by atoms with Crippen LogP contribution in [0.4, 0.5) is 0 Å². The van der Waals surface area contributed by atoms with Crippen molar-refractivity contribution in [3.63, 3.8) is 0 Å². The smallest absolute Gasteiger partial charge is 0.0542 e. The standard InChI is InChI=1S/C54H38N2S/c1-5-18-39(19-6-1)40-20-17-21-41(36-40)55-51-30-15-13-28-47(51)49-37-42(32-34-53(49)55)56-52-31-16-14-29-48(52)50-38-46(33-35-54(50)56)57(43-22-7-2-8-23-43,44-24-9-3-10-25-44)45-26-11-4-12-27-45/h1-38H. The van der Waals surface area contributed by atoms with Crippen LogP contribution in [0.3, 0.4) is 0 Å². The fourth-order valence-corrected chi connectivity index (χ4v) is 12.8. The van der Waals surface area contributed by atoms with Crippen LogP contribution in [0.5, 0.6) is 0 Å². The van der Waals surface area contributed by atoms with Crippen LogP contribution in [-0.2, 0) is 0 Å². The van der Waals surface area contributed by atoms with Crippen molar-refractivity contribution in [2.24, 2.45) is 0 Å². The van der Waals surface area contributed by atoms with Gasteiger partial charge in [0.05, 0.1) is 22.1 Å². The van der Waals surface area contributed by atoms with Crippen LogP contribution in [0.25, 0.3) is 66.1 Å². The summed E-state index contributed by atoms with van der Waals surface area (Å²) >= 11 is 0. The third-order valence-electron chi connectivity index (χ3n) is 11.4. The second-order valence-electron chi connectivity index (χ2n) is 14.6. The van der Waals surface area contributed by atoms with E-state index in [1.54, 1.807) is 0 Å². The van der Waals surface area contributed by atoms with Crippen molar-refractivity contribution in [2.75, 3.05) is 0 Å². The third-order valence-corrected chi connectivity index (χ3v) is 15.3. The van der Waals surface area contributed by atoms with E-state index in [2.05, 4.69) is 240 Å². The highest BCUT2D eigenvalue weighted by molar-refractivity contribution is 8.34. The molecule has 0 saturated heterocycles. The number of fused-ring (bicyclic) bond motifs is 6. The van der Waals surface area contributed by atoms with E-state index < -0.39 is 10.0 Å². The number of hydrogen-bond donors (Lipinski definition) is 0. The average molecular weight is 747 g/mol. The Balaban J connectivity index is 1.14. The van der Waals surface area contributed by atoms with Gasteiger partial charge in [0.15, 0.2) is 0 Å². The quantitative estimate of drug-likeness (QED) is 0.154. The number of rotatable bonds is 7. The lowest BCUT2D eigenvalue weighted by Gasteiger charge is -2.42. The van der Waals surface area contributed by atoms with Gasteiger partial charge in [0.1, 0.15) is 0 Å². The second kappa shape index (κ2) is 13.6. The lowest BCUT2D eigenvalue weighted by molar-refractivity contribution is 1.16. The fraction of sp³-hybridized carbons (Fsp3) is 0. The summed E-state index contributed by atoms with van der Waals surface area (Å²) in [6.07, 6.45) is 0. The van der Waals surface area contributed by atoms with Gasteiger partial charge < -0.3 is 9.13 Å². The Kier molecular flexibility index (Phi) is 7.94. The molecular weight excluding hydrogens is 709 g/mol. The summed E-state index contributed by atoms with van der Waals surface area (Å²) < 4.78 is 4.87. The lowest BCUT2D eigenvalue weighted by Crippen LogP contribution is -2.05. The molecule has 0 fully saturated rings. The minimum atomic E-state index is -1.84. The molecule has 0 atom stereocenters. The monoisotopic (exact) mass is 746 g/mol. The number of aromatic nitrogens is 2.